The van der Waals surface area contributed by atoms with Gasteiger partial charge in [0.05, 0.1) is 15.2 Å². The van der Waals surface area contributed by atoms with Crippen molar-refractivity contribution in [1.82, 2.24) is 20.3 Å². The predicted octanol–water partition coefficient (Wildman–Crippen LogP) is 4.18. The maximum Gasteiger partial charge on any atom is 0.270 e. The molecule has 2 aliphatic rings. The van der Waals surface area contributed by atoms with Crippen molar-refractivity contribution >= 4 is 33.8 Å². The third-order valence-corrected chi connectivity index (χ3v) is 8.55. The summed E-state index contributed by atoms with van der Waals surface area (Å²) in [5.41, 5.74) is 8.28. The number of aromatic amines is 3. The van der Waals surface area contributed by atoms with Crippen LogP contribution in [0.25, 0.3) is 22.4 Å². The van der Waals surface area contributed by atoms with Crippen LogP contribution in [-0.4, -0.2) is 24.8 Å². The van der Waals surface area contributed by atoms with E-state index in [1.165, 1.54) is 12.1 Å². The Morgan fingerprint density at radius 2 is 1.02 bits per heavy atom. The Balaban J connectivity index is 1.47. The highest BCUT2D eigenvalue weighted by atomic mass is 16.6. The number of nitrogens with one attached hydrogen (secondary N) is 4. The molecule has 8 rings (SSSR count). The number of aromatic nitrogens is 3. The van der Waals surface area contributed by atoms with Gasteiger partial charge in [-0.1, -0.05) is 60.7 Å². The molecular weight excluding hydrogens is 592 g/mol. The Hall–Kier alpha value is -6.68. The lowest BCUT2D eigenvalue weighted by Crippen LogP contribution is -2.23. The van der Waals surface area contributed by atoms with Gasteiger partial charge in [0.25, 0.3) is 11.4 Å². The standard InChI is InChI=1S/C37H26N6O4/c44-42(45)25-10-4-8-23(20-25)36-31-14-12-27(38-31)28-13-15-32(39-28)37(24-9-5-11-26(21-24)43(46)47)34-19-17-30(41-34)35(22-6-2-1-3-7-22)29-16-18-33(36)40-29/h1-12,14-21,38-41H,13H2. The van der Waals surface area contributed by atoms with Gasteiger partial charge in [0.1, 0.15) is 0 Å². The van der Waals surface area contributed by atoms with Crippen molar-refractivity contribution in [3.63, 3.8) is 0 Å². The molecule has 0 aliphatic carbocycles. The number of nitro benzene ring substituents is 2. The number of H-pyrrole nitrogens is 3. The van der Waals surface area contributed by atoms with Crippen LogP contribution in [0.15, 0.2) is 127 Å². The summed E-state index contributed by atoms with van der Waals surface area (Å²) in [6.07, 6.45) is 2.68. The molecule has 0 fully saturated rings. The van der Waals surface area contributed by atoms with Crippen LogP contribution in [0, 0.1) is 20.2 Å². The Labute approximate surface area is 266 Å². The Kier molecular flexibility index (Phi) is 6.54. The molecule has 3 aromatic carbocycles. The first-order chi connectivity index (χ1) is 22.9. The lowest BCUT2D eigenvalue weighted by molar-refractivity contribution is -0.385. The van der Waals surface area contributed by atoms with Gasteiger partial charge in [0.2, 0.25) is 0 Å². The van der Waals surface area contributed by atoms with Gasteiger partial charge < -0.3 is 20.3 Å². The molecule has 228 valence electrons. The topological polar surface area (TPSA) is 146 Å². The lowest BCUT2D eigenvalue weighted by atomic mass is 10.0. The van der Waals surface area contributed by atoms with Crippen LogP contribution in [-0.2, 0) is 0 Å². The number of nitrogens with zero attached hydrogens (tertiary/aromatic N) is 2. The predicted molar refractivity (Wildman–Crippen MR) is 178 cm³/mol. The lowest BCUT2D eigenvalue weighted by Gasteiger charge is -2.11. The van der Waals surface area contributed by atoms with Gasteiger partial charge in [-0.15, -0.1) is 0 Å². The van der Waals surface area contributed by atoms with E-state index in [-0.39, 0.29) is 21.2 Å². The number of benzene rings is 3. The molecule has 10 heteroatoms. The summed E-state index contributed by atoms with van der Waals surface area (Å²) >= 11 is 0. The molecule has 2 aliphatic heterocycles. The number of rotatable bonds is 5. The molecule has 4 N–H and O–H groups in total. The highest BCUT2D eigenvalue weighted by Gasteiger charge is 2.21. The van der Waals surface area contributed by atoms with E-state index >= 15 is 0 Å². The fourth-order valence-electron chi connectivity index (χ4n) is 6.42. The third kappa shape index (κ3) is 4.94. The van der Waals surface area contributed by atoms with E-state index in [0.29, 0.717) is 17.5 Å². The van der Waals surface area contributed by atoms with Crippen molar-refractivity contribution in [3.05, 3.63) is 197 Å². The number of non-ortho nitro benzene ring substituents is 2. The summed E-state index contributed by atoms with van der Waals surface area (Å²) in [5, 5.41) is 30.4. The summed E-state index contributed by atoms with van der Waals surface area (Å²) in [6, 6.07) is 35.3. The van der Waals surface area contributed by atoms with E-state index in [9.17, 15) is 20.2 Å². The maximum absolute atomic E-state index is 11.7. The fraction of sp³-hybridized carbons (Fsp3) is 0.0270. The van der Waals surface area contributed by atoms with Crippen molar-refractivity contribution in [3.8, 4) is 0 Å². The molecule has 0 unspecified atom stereocenters. The molecule has 47 heavy (non-hydrogen) atoms. The Bertz CT molecular complexity index is 2540. The second-order valence-electron chi connectivity index (χ2n) is 11.4. The van der Waals surface area contributed by atoms with Gasteiger partial charge in [-0.05, 0) is 53.1 Å². The van der Waals surface area contributed by atoms with E-state index in [1.807, 2.05) is 78.9 Å². The monoisotopic (exact) mass is 618 g/mol. The van der Waals surface area contributed by atoms with Crippen LogP contribution < -0.4 is 26.7 Å². The maximum atomic E-state index is 11.7. The van der Waals surface area contributed by atoms with Crippen LogP contribution in [0.3, 0.4) is 0 Å². The highest BCUT2D eigenvalue weighted by molar-refractivity contribution is 5.84. The summed E-state index contributed by atoms with van der Waals surface area (Å²) in [6.45, 7) is 0. The van der Waals surface area contributed by atoms with Gasteiger partial charge in [-0.2, -0.15) is 0 Å². The van der Waals surface area contributed by atoms with Crippen LogP contribution in [0.1, 0.15) is 34.5 Å². The zero-order valence-corrected chi connectivity index (χ0v) is 24.8. The van der Waals surface area contributed by atoms with Gasteiger partial charge in [0, 0.05) is 86.2 Å². The highest BCUT2D eigenvalue weighted by Crippen LogP contribution is 2.29. The van der Waals surface area contributed by atoms with Crippen molar-refractivity contribution in [2.24, 2.45) is 0 Å². The molecule has 0 radical (unpaired) electrons. The van der Waals surface area contributed by atoms with Crippen molar-refractivity contribution in [1.29, 1.82) is 0 Å². The van der Waals surface area contributed by atoms with Crippen molar-refractivity contribution < 1.29 is 9.85 Å². The van der Waals surface area contributed by atoms with E-state index in [2.05, 4.69) is 26.3 Å². The molecule has 0 amide bonds. The molecule has 8 bridgehead atoms. The average molecular weight is 619 g/mol. The third-order valence-electron chi connectivity index (χ3n) is 8.55. The van der Waals surface area contributed by atoms with Gasteiger partial charge in [0.15, 0.2) is 0 Å². The summed E-state index contributed by atoms with van der Waals surface area (Å²) in [7, 11) is 0. The Morgan fingerprint density at radius 3 is 1.64 bits per heavy atom. The zero-order chi connectivity index (χ0) is 32.1. The first-order valence-corrected chi connectivity index (χ1v) is 15.0. The smallest absolute Gasteiger partial charge is 0.270 e. The second-order valence-corrected chi connectivity index (χ2v) is 11.4. The van der Waals surface area contributed by atoms with E-state index in [1.54, 1.807) is 24.3 Å². The van der Waals surface area contributed by atoms with Crippen LogP contribution >= 0.6 is 0 Å². The summed E-state index contributed by atoms with van der Waals surface area (Å²) in [5.74, 6) is 0. The molecule has 0 saturated carbocycles. The quantitative estimate of drug-likeness (QED) is 0.169. The van der Waals surface area contributed by atoms with E-state index in [4.69, 9.17) is 0 Å². The number of hydrogen-bond acceptors (Lipinski definition) is 5. The molecule has 6 aromatic rings. The SMILES string of the molecule is O=[N+]([O-])c1cccc(C2=c3ccc([nH]3)=C(c3ccccc3)c3ccc([nH]3)C(c3cccc([N+](=O)[O-])c3)=c3ccc([nH]3)=C3CC=C2N3)c1. The largest absolute Gasteiger partial charge is 0.357 e. The average Bonchev–Trinajstić information content (AvgIpc) is 3.91. The Morgan fingerprint density at radius 1 is 0.511 bits per heavy atom. The molecule has 10 nitrogen and oxygen atoms in total. The van der Waals surface area contributed by atoms with E-state index in [0.717, 1.165) is 66.5 Å². The zero-order valence-electron chi connectivity index (χ0n) is 24.8. The second kappa shape index (κ2) is 11.0. The van der Waals surface area contributed by atoms with Crippen LogP contribution in [0.5, 0.6) is 0 Å². The normalized spacial score (nSPS) is 13.9. The molecule has 0 saturated heterocycles. The first-order valence-electron chi connectivity index (χ1n) is 15.0. The number of nitro groups is 2. The van der Waals surface area contributed by atoms with Crippen molar-refractivity contribution in [2.75, 3.05) is 0 Å². The van der Waals surface area contributed by atoms with Crippen molar-refractivity contribution in [2.45, 2.75) is 6.42 Å². The summed E-state index contributed by atoms with van der Waals surface area (Å²) in [4.78, 5) is 33.5. The molecule has 0 spiro atoms. The molecule has 3 aromatic heterocycles. The molecule has 5 heterocycles. The minimum absolute atomic E-state index is 0.00444. The number of allylic oxidation sites excluding steroid dienone is 1. The minimum atomic E-state index is -0.387. The number of hydrogen-bond donors (Lipinski definition) is 4. The first kappa shape index (κ1) is 27.8. The van der Waals surface area contributed by atoms with Gasteiger partial charge >= 0.3 is 0 Å². The summed E-state index contributed by atoms with van der Waals surface area (Å²) < 4.78 is 0. The van der Waals surface area contributed by atoms with Crippen LogP contribution in [0.4, 0.5) is 11.4 Å². The minimum Gasteiger partial charge on any atom is -0.357 e. The van der Waals surface area contributed by atoms with Gasteiger partial charge in [-0.25, -0.2) is 0 Å². The molecule has 0 atom stereocenters. The van der Waals surface area contributed by atoms with E-state index < -0.39 is 0 Å². The van der Waals surface area contributed by atoms with Crippen LogP contribution in [0.2, 0.25) is 0 Å². The fourth-order valence-corrected chi connectivity index (χ4v) is 6.42. The molecular formula is C37H26N6O4. The number of fused-ring (bicyclic) bond motifs is 8. The van der Waals surface area contributed by atoms with Gasteiger partial charge in [-0.3, -0.25) is 20.2 Å².